The number of carbonyl (C=O) groups is 1. The first kappa shape index (κ1) is 15.0. The number of carboxylic acids is 1. The Balaban J connectivity index is 2.25. The number of aryl methyl sites for hydroxylation is 1. The maximum absolute atomic E-state index is 12.9. The maximum atomic E-state index is 12.9. The molecule has 1 aromatic carbocycles. The predicted octanol–water partition coefficient (Wildman–Crippen LogP) is 3.12. The predicted molar refractivity (Wildman–Crippen MR) is 79.1 cm³/mol. The van der Waals surface area contributed by atoms with Gasteiger partial charge < -0.3 is 10.0 Å². The van der Waals surface area contributed by atoms with Crippen LogP contribution in [0.1, 0.15) is 28.5 Å². The van der Waals surface area contributed by atoms with Crippen LogP contribution in [0.5, 0.6) is 0 Å². The molecule has 0 unspecified atom stereocenters. The van der Waals surface area contributed by atoms with Crippen LogP contribution >= 0.6 is 0 Å². The van der Waals surface area contributed by atoms with Gasteiger partial charge in [-0.2, -0.15) is 0 Å². The van der Waals surface area contributed by atoms with E-state index in [0.29, 0.717) is 18.8 Å². The van der Waals surface area contributed by atoms with Crippen molar-refractivity contribution in [3.63, 3.8) is 0 Å². The molecule has 0 aliphatic carbocycles. The first-order valence-electron chi connectivity index (χ1n) is 6.69. The third-order valence-corrected chi connectivity index (χ3v) is 3.20. The molecule has 5 heteroatoms. The fourth-order valence-corrected chi connectivity index (χ4v) is 2.02. The highest BCUT2D eigenvalue weighted by molar-refractivity contribution is 5.88. The van der Waals surface area contributed by atoms with Gasteiger partial charge in [0.15, 0.2) is 0 Å². The Labute approximate surface area is 122 Å². The van der Waals surface area contributed by atoms with Crippen LogP contribution < -0.4 is 4.90 Å². The Morgan fingerprint density at radius 3 is 2.52 bits per heavy atom. The van der Waals surface area contributed by atoms with E-state index in [1.807, 2.05) is 18.9 Å². The molecule has 110 valence electrons. The van der Waals surface area contributed by atoms with E-state index in [4.69, 9.17) is 5.11 Å². The minimum absolute atomic E-state index is 0.225. The van der Waals surface area contributed by atoms with Gasteiger partial charge in [0.1, 0.15) is 11.6 Å². The Hall–Kier alpha value is -2.43. The average Bonchev–Trinajstić information content (AvgIpc) is 2.49. The largest absolute Gasteiger partial charge is 0.478 e. The molecule has 0 fully saturated rings. The molecule has 0 saturated carbocycles. The number of aromatic carboxylic acids is 1. The summed E-state index contributed by atoms with van der Waals surface area (Å²) in [7, 11) is 1.83. The molecule has 0 amide bonds. The summed E-state index contributed by atoms with van der Waals surface area (Å²) < 4.78 is 12.9. The molecular weight excluding hydrogens is 271 g/mol. The molecule has 1 heterocycles. The van der Waals surface area contributed by atoms with Crippen LogP contribution in [-0.4, -0.2) is 23.1 Å². The zero-order valence-electron chi connectivity index (χ0n) is 12.0. The van der Waals surface area contributed by atoms with Gasteiger partial charge in [0.2, 0.25) is 0 Å². The number of pyridine rings is 1. The minimum Gasteiger partial charge on any atom is -0.478 e. The highest BCUT2D eigenvalue weighted by atomic mass is 19.1. The van der Waals surface area contributed by atoms with Gasteiger partial charge in [0, 0.05) is 19.3 Å². The molecule has 2 rings (SSSR count). The van der Waals surface area contributed by atoms with Crippen LogP contribution in [0.2, 0.25) is 0 Å². The smallest absolute Gasteiger partial charge is 0.335 e. The van der Waals surface area contributed by atoms with Crippen molar-refractivity contribution in [2.45, 2.75) is 19.9 Å². The van der Waals surface area contributed by atoms with Crippen LogP contribution in [0.15, 0.2) is 36.4 Å². The van der Waals surface area contributed by atoms with Crippen LogP contribution in [0.3, 0.4) is 0 Å². The second-order valence-corrected chi connectivity index (χ2v) is 4.85. The van der Waals surface area contributed by atoms with E-state index in [2.05, 4.69) is 4.98 Å². The molecule has 0 radical (unpaired) electrons. The summed E-state index contributed by atoms with van der Waals surface area (Å²) in [5.41, 5.74) is 1.89. The molecule has 0 aliphatic heterocycles. The summed E-state index contributed by atoms with van der Waals surface area (Å²) in [6, 6.07) is 9.34. The molecule has 0 aliphatic rings. The van der Waals surface area contributed by atoms with Crippen molar-refractivity contribution in [2.24, 2.45) is 0 Å². The van der Waals surface area contributed by atoms with Gasteiger partial charge in [0.05, 0.1) is 5.56 Å². The number of carboxylic acid groups (broad SMARTS) is 1. The SMILES string of the molecule is CCc1cc(C(=O)O)cc(N(C)Cc2ccc(F)cc2)n1. The highest BCUT2D eigenvalue weighted by Gasteiger charge is 2.11. The van der Waals surface area contributed by atoms with Crippen molar-refractivity contribution in [2.75, 3.05) is 11.9 Å². The van der Waals surface area contributed by atoms with Gasteiger partial charge in [-0.15, -0.1) is 0 Å². The molecule has 1 aromatic heterocycles. The number of halogens is 1. The third kappa shape index (κ3) is 3.78. The maximum Gasteiger partial charge on any atom is 0.335 e. The number of hydrogen-bond acceptors (Lipinski definition) is 3. The summed E-state index contributed by atoms with van der Waals surface area (Å²) in [5.74, 6) is -0.653. The molecular formula is C16H17FN2O2. The average molecular weight is 288 g/mol. The Bertz CT molecular complexity index is 641. The van der Waals surface area contributed by atoms with E-state index in [0.717, 1.165) is 11.3 Å². The summed E-state index contributed by atoms with van der Waals surface area (Å²) in [5, 5.41) is 9.14. The lowest BCUT2D eigenvalue weighted by atomic mass is 10.1. The topological polar surface area (TPSA) is 53.4 Å². The van der Waals surface area contributed by atoms with Crippen molar-refractivity contribution in [1.82, 2.24) is 4.98 Å². The lowest BCUT2D eigenvalue weighted by molar-refractivity contribution is 0.0696. The van der Waals surface area contributed by atoms with Gasteiger partial charge in [0.25, 0.3) is 0 Å². The molecule has 1 N–H and O–H groups in total. The van der Waals surface area contributed by atoms with Gasteiger partial charge >= 0.3 is 5.97 Å². The number of rotatable bonds is 5. The first-order valence-corrected chi connectivity index (χ1v) is 6.69. The van der Waals surface area contributed by atoms with Crippen molar-refractivity contribution in [1.29, 1.82) is 0 Å². The lowest BCUT2D eigenvalue weighted by Gasteiger charge is -2.19. The van der Waals surface area contributed by atoms with Crippen LogP contribution in [0.25, 0.3) is 0 Å². The summed E-state index contributed by atoms with van der Waals surface area (Å²) >= 11 is 0. The number of benzene rings is 1. The van der Waals surface area contributed by atoms with Crippen LogP contribution in [0.4, 0.5) is 10.2 Å². The number of anilines is 1. The van der Waals surface area contributed by atoms with E-state index in [1.165, 1.54) is 12.1 Å². The standard InChI is InChI=1S/C16H17FN2O2/c1-3-14-8-12(16(20)21)9-15(18-14)19(2)10-11-4-6-13(17)7-5-11/h4-9H,3,10H2,1-2H3,(H,20,21). The Kier molecular flexibility index (Phi) is 4.52. The summed E-state index contributed by atoms with van der Waals surface area (Å²) in [6.07, 6.45) is 0.665. The van der Waals surface area contributed by atoms with Crippen LogP contribution in [-0.2, 0) is 13.0 Å². The first-order chi connectivity index (χ1) is 9.99. The van der Waals surface area contributed by atoms with Gasteiger partial charge in [-0.05, 0) is 36.2 Å². The highest BCUT2D eigenvalue weighted by Crippen LogP contribution is 2.17. The zero-order valence-corrected chi connectivity index (χ0v) is 12.0. The molecule has 4 nitrogen and oxygen atoms in total. The second kappa shape index (κ2) is 6.35. The fourth-order valence-electron chi connectivity index (χ4n) is 2.02. The van der Waals surface area contributed by atoms with Crippen molar-refractivity contribution < 1.29 is 14.3 Å². The Morgan fingerprint density at radius 1 is 1.29 bits per heavy atom. The third-order valence-electron chi connectivity index (χ3n) is 3.20. The number of hydrogen-bond donors (Lipinski definition) is 1. The van der Waals surface area contributed by atoms with E-state index in [9.17, 15) is 9.18 Å². The quantitative estimate of drug-likeness (QED) is 0.918. The van der Waals surface area contributed by atoms with Gasteiger partial charge in [-0.3, -0.25) is 0 Å². The number of nitrogens with zero attached hydrogens (tertiary/aromatic N) is 2. The van der Waals surface area contributed by atoms with E-state index in [-0.39, 0.29) is 11.4 Å². The lowest BCUT2D eigenvalue weighted by Crippen LogP contribution is -2.19. The van der Waals surface area contributed by atoms with Crippen LogP contribution in [0, 0.1) is 5.82 Å². The number of aromatic nitrogens is 1. The summed E-state index contributed by atoms with van der Waals surface area (Å²) in [4.78, 5) is 17.4. The second-order valence-electron chi connectivity index (χ2n) is 4.85. The fraction of sp³-hybridized carbons (Fsp3) is 0.250. The zero-order chi connectivity index (χ0) is 15.4. The normalized spacial score (nSPS) is 10.4. The molecule has 21 heavy (non-hydrogen) atoms. The monoisotopic (exact) mass is 288 g/mol. The van der Waals surface area contributed by atoms with E-state index >= 15 is 0 Å². The van der Waals surface area contributed by atoms with Crippen molar-refractivity contribution in [3.05, 3.63) is 59.0 Å². The van der Waals surface area contributed by atoms with Crippen molar-refractivity contribution >= 4 is 11.8 Å². The van der Waals surface area contributed by atoms with Gasteiger partial charge in [-0.1, -0.05) is 19.1 Å². The summed E-state index contributed by atoms with van der Waals surface area (Å²) in [6.45, 7) is 2.46. The molecule has 0 spiro atoms. The Morgan fingerprint density at radius 2 is 1.95 bits per heavy atom. The molecule has 0 atom stereocenters. The van der Waals surface area contributed by atoms with E-state index in [1.54, 1.807) is 24.3 Å². The van der Waals surface area contributed by atoms with Crippen molar-refractivity contribution in [3.8, 4) is 0 Å². The molecule has 0 saturated heterocycles. The van der Waals surface area contributed by atoms with Gasteiger partial charge in [-0.25, -0.2) is 14.2 Å². The van der Waals surface area contributed by atoms with E-state index < -0.39 is 5.97 Å². The molecule has 2 aromatic rings. The molecule has 0 bridgehead atoms. The minimum atomic E-state index is -0.969.